The summed E-state index contributed by atoms with van der Waals surface area (Å²) in [5.41, 5.74) is 3.14. The van der Waals surface area contributed by atoms with Gasteiger partial charge in [-0.3, -0.25) is 14.6 Å². The molecule has 0 N–H and O–H groups in total. The summed E-state index contributed by atoms with van der Waals surface area (Å²) in [6.45, 7) is 5.93. The molecule has 1 aromatic heterocycles. The molecule has 1 aliphatic rings. The van der Waals surface area contributed by atoms with Crippen LogP contribution in [0.5, 0.6) is 0 Å². The highest BCUT2D eigenvalue weighted by Gasteiger charge is 2.20. The number of para-hydroxylation sites is 1. The Morgan fingerprint density at radius 2 is 1.67 bits per heavy atom. The molecule has 0 unspecified atom stereocenters. The zero-order chi connectivity index (χ0) is 20.8. The molecule has 0 aliphatic carbocycles. The Hall–Kier alpha value is -2.94. The van der Waals surface area contributed by atoms with E-state index in [9.17, 15) is 4.79 Å². The summed E-state index contributed by atoms with van der Waals surface area (Å²) in [5.74, 6) is 0.165. The molecule has 1 saturated heterocycles. The van der Waals surface area contributed by atoms with E-state index in [2.05, 4.69) is 46.2 Å². The molecule has 0 bridgehead atoms. The standard InChI is InChI=1S/C25H28N4O/c26-12-6-15-29-19-23(22-10-4-5-11-24(22)29)25(30)20-28-14-7-13-27(16-17-28)18-21-8-2-1-3-9-21/h1-5,8-11,19H,6-7,13-18,20H2. The Labute approximate surface area is 178 Å². The van der Waals surface area contributed by atoms with Gasteiger partial charge in [0.1, 0.15) is 0 Å². The molecule has 1 fully saturated rings. The van der Waals surface area contributed by atoms with Gasteiger partial charge in [-0.05, 0) is 31.1 Å². The molecule has 1 aliphatic heterocycles. The van der Waals surface area contributed by atoms with Crippen LogP contribution in [-0.4, -0.2) is 52.9 Å². The highest BCUT2D eigenvalue weighted by molar-refractivity contribution is 6.09. The Bertz CT molecular complexity index is 1030. The van der Waals surface area contributed by atoms with Gasteiger partial charge in [0.05, 0.1) is 19.0 Å². The van der Waals surface area contributed by atoms with Crippen LogP contribution in [0.2, 0.25) is 0 Å². The van der Waals surface area contributed by atoms with Gasteiger partial charge in [-0.15, -0.1) is 0 Å². The van der Waals surface area contributed by atoms with Crippen molar-refractivity contribution in [2.75, 3.05) is 32.7 Å². The van der Waals surface area contributed by atoms with Gasteiger partial charge in [-0.25, -0.2) is 0 Å². The largest absolute Gasteiger partial charge is 0.346 e. The Balaban J connectivity index is 1.41. The van der Waals surface area contributed by atoms with E-state index < -0.39 is 0 Å². The number of Topliss-reactive ketones (excluding diaryl/α,β-unsaturated/α-hetero) is 1. The molecule has 0 saturated carbocycles. The van der Waals surface area contributed by atoms with Gasteiger partial charge in [0.2, 0.25) is 0 Å². The Kier molecular flexibility index (Phi) is 6.58. The topological polar surface area (TPSA) is 52.3 Å². The first-order chi connectivity index (χ1) is 14.7. The number of carbonyl (C=O) groups excluding carboxylic acids is 1. The summed E-state index contributed by atoms with van der Waals surface area (Å²) in [6.07, 6.45) is 3.45. The predicted molar refractivity (Wildman–Crippen MR) is 119 cm³/mol. The lowest BCUT2D eigenvalue weighted by Gasteiger charge is -2.21. The van der Waals surface area contributed by atoms with Gasteiger partial charge in [0, 0.05) is 48.8 Å². The van der Waals surface area contributed by atoms with Crippen molar-refractivity contribution < 1.29 is 4.79 Å². The third kappa shape index (κ3) is 4.79. The third-order valence-corrected chi connectivity index (χ3v) is 5.85. The quantitative estimate of drug-likeness (QED) is 0.564. The molecule has 0 atom stereocenters. The van der Waals surface area contributed by atoms with Crippen molar-refractivity contribution in [2.45, 2.75) is 25.9 Å². The van der Waals surface area contributed by atoms with E-state index >= 15 is 0 Å². The second-order valence-electron chi connectivity index (χ2n) is 7.98. The predicted octanol–water partition coefficient (Wildman–Crippen LogP) is 3.95. The SMILES string of the molecule is N#CCCn1cc(C(=O)CN2CCCN(Cc3ccccc3)CC2)c2ccccc21. The van der Waals surface area contributed by atoms with Crippen LogP contribution in [0.25, 0.3) is 10.9 Å². The second kappa shape index (κ2) is 9.71. The monoisotopic (exact) mass is 400 g/mol. The molecule has 2 heterocycles. The van der Waals surface area contributed by atoms with Crippen LogP contribution >= 0.6 is 0 Å². The summed E-state index contributed by atoms with van der Waals surface area (Å²) in [4.78, 5) is 17.9. The fraction of sp³-hybridized carbons (Fsp3) is 0.360. The lowest BCUT2D eigenvalue weighted by Crippen LogP contribution is -2.34. The Morgan fingerprint density at radius 1 is 0.933 bits per heavy atom. The maximum Gasteiger partial charge on any atom is 0.178 e. The molecule has 0 amide bonds. The fourth-order valence-electron chi connectivity index (χ4n) is 4.29. The maximum absolute atomic E-state index is 13.2. The smallest absolute Gasteiger partial charge is 0.178 e. The van der Waals surface area contributed by atoms with E-state index in [-0.39, 0.29) is 5.78 Å². The van der Waals surface area contributed by atoms with Crippen molar-refractivity contribution in [1.82, 2.24) is 14.4 Å². The van der Waals surface area contributed by atoms with E-state index in [1.54, 1.807) is 0 Å². The number of fused-ring (bicyclic) bond motifs is 1. The van der Waals surface area contributed by atoms with E-state index in [4.69, 9.17) is 5.26 Å². The molecular weight excluding hydrogens is 372 g/mol. The average Bonchev–Trinajstić information content (AvgIpc) is 3.01. The molecule has 5 heteroatoms. The summed E-state index contributed by atoms with van der Waals surface area (Å²) in [7, 11) is 0. The number of carbonyl (C=O) groups is 1. The molecule has 0 spiro atoms. The van der Waals surface area contributed by atoms with E-state index in [1.165, 1.54) is 5.56 Å². The van der Waals surface area contributed by atoms with Gasteiger partial charge in [-0.1, -0.05) is 48.5 Å². The number of rotatable bonds is 7. The maximum atomic E-state index is 13.2. The van der Waals surface area contributed by atoms with E-state index in [0.29, 0.717) is 19.5 Å². The van der Waals surface area contributed by atoms with Crippen LogP contribution in [-0.2, 0) is 13.1 Å². The van der Waals surface area contributed by atoms with Gasteiger partial charge >= 0.3 is 0 Å². The molecule has 2 aromatic carbocycles. The first kappa shape index (κ1) is 20.3. The molecule has 0 radical (unpaired) electrons. The van der Waals surface area contributed by atoms with Crippen LogP contribution in [0, 0.1) is 11.3 Å². The van der Waals surface area contributed by atoms with Crippen molar-refractivity contribution in [3.8, 4) is 6.07 Å². The van der Waals surface area contributed by atoms with E-state index in [0.717, 1.165) is 55.6 Å². The number of hydrogen-bond donors (Lipinski definition) is 0. The van der Waals surface area contributed by atoms with Gasteiger partial charge in [-0.2, -0.15) is 5.26 Å². The first-order valence-corrected chi connectivity index (χ1v) is 10.7. The van der Waals surface area contributed by atoms with E-state index in [1.807, 2.05) is 35.0 Å². The second-order valence-corrected chi connectivity index (χ2v) is 7.98. The number of benzene rings is 2. The summed E-state index contributed by atoms with van der Waals surface area (Å²) in [6, 6.07) is 20.8. The summed E-state index contributed by atoms with van der Waals surface area (Å²) < 4.78 is 2.04. The number of nitrogens with zero attached hydrogens (tertiary/aromatic N) is 4. The van der Waals surface area contributed by atoms with Crippen molar-refractivity contribution >= 4 is 16.7 Å². The van der Waals surface area contributed by atoms with Crippen LogP contribution in [0.4, 0.5) is 0 Å². The molecule has 5 nitrogen and oxygen atoms in total. The van der Waals surface area contributed by atoms with Gasteiger partial charge < -0.3 is 4.57 Å². The highest BCUT2D eigenvalue weighted by Crippen LogP contribution is 2.22. The van der Waals surface area contributed by atoms with Crippen LogP contribution in [0.1, 0.15) is 28.8 Å². The number of hydrogen-bond acceptors (Lipinski definition) is 4. The number of ketones is 1. The minimum absolute atomic E-state index is 0.165. The summed E-state index contributed by atoms with van der Waals surface area (Å²) >= 11 is 0. The van der Waals surface area contributed by atoms with Crippen molar-refractivity contribution in [2.24, 2.45) is 0 Å². The minimum atomic E-state index is 0.165. The van der Waals surface area contributed by atoms with Crippen LogP contribution in [0.3, 0.4) is 0 Å². The molecule has 30 heavy (non-hydrogen) atoms. The molecular formula is C25H28N4O. The fourth-order valence-corrected chi connectivity index (χ4v) is 4.29. The molecule has 3 aromatic rings. The summed E-state index contributed by atoms with van der Waals surface area (Å²) in [5, 5.41) is 9.92. The average molecular weight is 401 g/mol. The highest BCUT2D eigenvalue weighted by atomic mass is 16.1. The van der Waals surface area contributed by atoms with Crippen LogP contribution in [0.15, 0.2) is 60.8 Å². The number of aryl methyl sites for hydroxylation is 1. The third-order valence-electron chi connectivity index (χ3n) is 5.85. The zero-order valence-electron chi connectivity index (χ0n) is 17.3. The first-order valence-electron chi connectivity index (χ1n) is 10.7. The number of nitriles is 1. The van der Waals surface area contributed by atoms with Crippen molar-refractivity contribution in [1.29, 1.82) is 5.26 Å². The zero-order valence-corrected chi connectivity index (χ0v) is 17.3. The molecule has 154 valence electrons. The molecule has 4 rings (SSSR count). The number of aromatic nitrogens is 1. The Morgan fingerprint density at radius 3 is 2.50 bits per heavy atom. The normalized spacial score (nSPS) is 15.7. The van der Waals surface area contributed by atoms with Crippen molar-refractivity contribution in [3.63, 3.8) is 0 Å². The van der Waals surface area contributed by atoms with Crippen molar-refractivity contribution in [3.05, 3.63) is 71.9 Å². The van der Waals surface area contributed by atoms with Crippen LogP contribution < -0.4 is 0 Å². The van der Waals surface area contributed by atoms with Gasteiger partial charge in [0.25, 0.3) is 0 Å². The lowest BCUT2D eigenvalue weighted by molar-refractivity contribution is 0.0934. The lowest BCUT2D eigenvalue weighted by atomic mass is 10.1. The van der Waals surface area contributed by atoms with Gasteiger partial charge in [0.15, 0.2) is 5.78 Å². The minimum Gasteiger partial charge on any atom is -0.346 e.